The van der Waals surface area contributed by atoms with Crippen LogP contribution in [0.15, 0.2) is 47.0 Å². The molecule has 0 fully saturated rings. The maximum absolute atomic E-state index is 13.4. The van der Waals surface area contributed by atoms with Crippen LogP contribution in [0, 0.1) is 0 Å². The normalized spacial score (nSPS) is 20.4. The van der Waals surface area contributed by atoms with E-state index in [9.17, 15) is 14.4 Å². The molecule has 0 saturated carbocycles. The van der Waals surface area contributed by atoms with Gasteiger partial charge in [0.05, 0.1) is 6.61 Å². The van der Waals surface area contributed by atoms with E-state index in [4.69, 9.17) is 19.9 Å². The first-order valence-electron chi connectivity index (χ1n) is 10.2. The number of allylic oxidation sites excluding steroid dienone is 1. The number of hydrogen-bond acceptors (Lipinski definition) is 8. The van der Waals surface area contributed by atoms with Crippen molar-refractivity contribution in [3.8, 4) is 0 Å². The average molecular weight is 428 g/mol. The zero-order valence-electron chi connectivity index (χ0n) is 18.5. The number of rotatable bonds is 5. The van der Waals surface area contributed by atoms with Gasteiger partial charge in [-0.15, -0.1) is 0 Å². The van der Waals surface area contributed by atoms with Crippen molar-refractivity contribution in [2.45, 2.75) is 58.5 Å². The molecule has 0 aromatic heterocycles. The summed E-state index contributed by atoms with van der Waals surface area (Å²) in [5.74, 6) is -2.37. The zero-order valence-corrected chi connectivity index (χ0v) is 18.5. The van der Waals surface area contributed by atoms with Crippen molar-refractivity contribution in [1.29, 1.82) is 0 Å². The molecule has 0 unspecified atom stereocenters. The molecule has 1 spiro atoms. The molecule has 2 aliphatic rings. The maximum Gasteiger partial charge on any atom is 0.339 e. The Kier molecular flexibility index (Phi) is 5.85. The largest absolute Gasteiger partial charge is 0.462 e. The molecular formula is C23H28N2O6. The summed E-state index contributed by atoms with van der Waals surface area (Å²) >= 11 is 0. The number of nitrogens with two attached hydrogens (primary N) is 1. The lowest BCUT2D eigenvalue weighted by molar-refractivity contribution is -0.152. The van der Waals surface area contributed by atoms with Crippen LogP contribution in [0.2, 0.25) is 0 Å². The molecule has 2 aliphatic heterocycles. The van der Waals surface area contributed by atoms with Crippen molar-refractivity contribution in [1.82, 2.24) is 0 Å². The van der Waals surface area contributed by atoms with E-state index >= 15 is 0 Å². The standard InChI is InChI=1S/C23H28N2O6/c1-6-7-12-29-19(26)17-18(24)25-15-11-9-8-10-14(15)23(17)16(13(2)30-21(23)28)20(27)31-22(3,4)5/h8-11,25H,6-7,12,24H2,1-5H3/t23-/m1/s1. The first-order valence-corrected chi connectivity index (χ1v) is 10.2. The van der Waals surface area contributed by atoms with Gasteiger partial charge >= 0.3 is 17.9 Å². The average Bonchev–Trinajstić information content (AvgIpc) is 2.91. The number of ether oxygens (including phenoxy) is 3. The number of para-hydroxylation sites is 1. The van der Waals surface area contributed by atoms with Crippen LogP contribution in [0.5, 0.6) is 0 Å². The summed E-state index contributed by atoms with van der Waals surface area (Å²) < 4.78 is 16.4. The summed E-state index contributed by atoms with van der Waals surface area (Å²) in [7, 11) is 0. The Labute approximate surface area is 181 Å². The van der Waals surface area contributed by atoms with Crippen LogP contribution >= 0.6 is 0 Å². The first kappa shape index (κ1) is 22.4. The molecule has 0 radical (unpaired) electrons. The minimum atomic E-state index is -1.89. The number of carbonyl (C=O) groups is 3. The molecule has 0 saturated heterocycles. The van der Waals surface area contributed by atoms with Crippen LogP contribution in [0.25, 0.3) is 0 Å². The smallest absolute Gasteiger partial charge is 0.339 e. The number of nitrogens with one attached hydrogen (secondary N) is 1. The van der Waals surface area contributed by atoms with Gasteiger partial charge in [0.2, 0.25) is 0 Å². The van der Waals surface area contributed by atoms with E-state index in [1.807, 2.05) is 6.92 Å². The van der Waals surface area contributed by atoms with Crippen molar-refractivity contribution >= 4 is 23.6 Å². The molecular weight excluding hydrogens is 400 g/mol. The third-order valence-electron chi connectivity index (χ3n) is 5.06. The Bertz CT molecular complexity index is 1000. The second-order valence-electron chi connectivity index (χ2n) is 8.52. The van der Waals surface area contributed by atoms with Gasteiger partial charge < -0.3 is 25.3 Å². The predicted octanol–water partition coefficient (Wildman–Crippen LogP) is 3.04. The van der Waals surface area contributed by atoms with Crippen LogP contribution in [-0.2, 0) is 34.0 Å². The molecule has 2 heterocycles. The highest BCUT2D eigenvalue weighted by molar-refractivity contribution is 6.16. The number of cyclic esters (lactones) is 1. The van der Waals surface area contributed by atoms with Gasteiger partial charge in [0.25, 0.3) is 0 Å². The zero-order chi connectivity index (χ0) is 23.0. The van der Waals surface area contributed by atoms with Gasteiger partial charge in [0, 0.05) is 11.3 Å². The molecule has 0 amide bonds. The molecule has 0 bridgehead atoms. The van der Waals surface area contributed by atoms with Crippen molar-refractivity contribution in [3.05, 3.63) is 52.6 Å². The molecule has 1 atom stereocenters. The number of unbranched alkanes of at least 4 members (excludes halogenated alkanes) is 1. The van der Waals surface area contributed by atoms with E-state index in [2.05, 4.69) is 5.32 Å². The fourth-order valence-corrected chi connectivity index (χ4v) is 3.84. The lowest BCUT2D eigenvalue weighted by Crippen LogP contribution is -2.48. The first-order chi connectivity index (χ1) is 14.5. The van der Waals surface area contributed by atoms with E-state index in [0.29, 0.717) is 17.7 Å². The van der Waals surface area contributed by atoms with Crippen LogP contribution in [0.4, 0.5) is 5.69 Å². The van der Waals surface area contributed by atoms with E-state index in [-0.39, 0.29) is 29.3 Å². The number of esters is 3. The topological polar surface area (TPSA) is 117 Å². The molecule has 3 rings (SSSR count). The van der Waals surface area contributed by atoms with E-state index in [1.54, 1.807) is 45.0 Å². The van der Waals surface area contributed by atoms with E-state index < -0.39 is 28.9 Å². The minimum Gasteiger partial charge on any atom is -0.462 e. The quantitative estimate of drug-likeness (QED) is 0.418. The summed E-state index contributed by atoms with van der Waals surface area (Å²) in [6.07, 6.45) is 1.46. The minimum absolute atomic E-state index is 0.0580. The Morgan fingerprint density at radius 1 is 1.16 bits per heavy atom. The van der Waals surface area contributed by atoms with Crippen molar-refractivity contribution in [2.75, 3.05) is 11.9 Å². The number of fused-ring (bicyclic) bond motifs is 2. The highest BCUT2D eigenvalue weighted by atomic mass is 16.6. The molecule has 166 valence electrons. The van der Waals surface area contributed by atoms with Gasteiger partial charge in [-0.3, -0.25) is 0 Å². The third-order valence-corrected chi connectivity index (χ3v) is 5.06. The lowest BCUT2D eigenvalue weighted by atomic mass is 9.67. The SMILES string of the molecule is CCCCOC(=O)C1=C(N)Nc2ccccc2[C@]12C(=O)OC(C)=C2C(=O)OC(C)(C)C. The molecule has 8 heteroatoms. The fraction of sp³-hybridized carbons (Fsp3) is 0.435. The number of carbonyl (C=O) groups excluding carboxylic acids is 3. The summed E-state index contributed by atoms with van der Waals surface area (Å²) in [4.78, 5) is 39.9. The van der Waals surface area contributed by atoms with Gasteiger partial charge in [0.15, 0.2) is 5.41 Å². The van der Waals surface area contributed by atoms with E-state index in [0.717, 1.165) is 6.42 Å². The molecule has 0 aliphatic carbocycles. The van der Waals surface area contributed by atoms with Crippen LogP contribution in [0.1, 0.15) is 53.0 Å². The molecule has 1 aromatic carbocycles. The highest BCUT2D eigenvalue weighted by Gasteiger charge is 2.63. The number of benzene rings is 1. The monoisotopic (exact) mass is 428 g/mol. The maximum atomic E-state index is 13.4. The Morgan fingerprint density at radius 2 is 1.84 bits per heavy atom. The van der Waals surface area contributed by atoms with Crippen molar-refractivity contribution < 1.29 is 28.6 Å². The second kappa shape index (κ2) is 8.09. The third kappa shape index (κ3) is 3.78. The van der Waals surface area contributed by atoms with Crippen LogP contribution < -0.4 is 11.1 Å². The summed E-state index contributed by atoms with van der Waals surface area (Å²) in [6, 6.07) is 6.81. The predicted molar refractivity (Wildman–Crippen MR) is 113 cm³/mol. The van der Waals surface area contributed by atoms with Gasteiger partial charge in [-0.05, 0) is 40.2 Å². The summed E-state index contributed by atoms with van der Waals surface area (Å²) in [6.45, 7) is 8.75. The van der Waals surface area contributed by atoms with Gasteiger partial charge in [-0.25, -0.2) is 14.4 Å². The molecule has 1 aromatic rings. The van der Waals surface area contributed by atoms with Crippen molar-refractivity contribution in [3.63, 3.8) is 0 Å². The Hall–Kier alpha value is -3.29. The molecule has 3 N–H and O–H groups in total. The fourth-order valence-electron chi connectivity index (χ4n) is 3.84. The van der Waals surface area contributed by atoms with Crippen molar-refractivity contribution in [2.24, 2.45) is 5.73 Å². The highest BCUT2D eigenvalue weighted by Crippen LogP contribution is 2.52. The van der Waals surface area contributed by atoms with Crippen LogP contribution in [0.3, 0.4) is 0 Å². The Morgan fingerprint density at radius 3 is 2.48 bits per heavy atom. The van der Waals surface area contributed by atoms with Gasteiger partial charge in [-0.2, -0.15) is 0 Å². The van der Waals surface area contributed by atoms with Crippen LogP contribution in [-0.4, -0.2) is 30.1 Å². The molecule has 31 heavy (non-hydrogen) atoms. The van der Waals surface area contributed by atoms with E-state index in [1.165, 1.54) is 6.92 Å². The van der Waals surface area contributed by atoms with Gasteiger partial charge in [-0.1, -0.05) is 31.5 Å². The summed E-state index contributed by atoms with van der Waals surface area (Å²) in [5, 5.41) is 2.95. The Balaban J connectivity index is 2.26. The summed E-state index contributed by atoms with van der Waals surface area (Å²) in [5.41, 5.74) is 4.12. The second-order valence-corrected chi connectivity index (χ2v) is 8.52. The lowest BCUT2D eigenvalue weighted by Gasteiger charge is -2.36. The van der Waals surface area contributed by atoms with Gasteiger partial charge in [0.1, 0.15) is 28.3 Å². The number of hydrogen-bond donors (Lipinski definition) is 2. The number of anilines is 1. The molecule has 8 nitrogen and oxygen atoms in total.